The number of allylic oxidation sites excluding steroid dienone is 2. The summed E-state index contributed by atoms with van der Waals surface area (Å²) in [6.07, 6.45) is 9.02. The van der Waals surface area contributed by atoms with Crippen molar-refractivity contribution in [3.05, 3.63) is 29.8 Å². The summed E-state index contributed by atoms with van der Waals surface area (Å²) >= 11 is 0. The minimum absolute atomic E-state index is 0.710. The van der Waals surface area contributed by atoms with Crippen LogP contribution in [0.3, 0.4) is 0 Å². The van der Waals surface area contributed by atoms with Crippen LogP contribution < -0.4 is 0 Å². The Balaban J connectivity index is 2.77. The van der Waals surface area contributed by atoms with Crippen molar-refractivity contribution in [3.63, 3.8) is 0 Å². The third-order valence-electron chi connectivity index (χ3n) is 0.810. The molecule has 0 saturated heterocycles. The van der Waals surface area contributed by atoms with Gasteiger partial charge in [0.2, 0.25) is 0 Å². The second-order valence-electron chi connectivity index (χ2n) is 1.49. The molecule has 0 aromatic rings. The lowest BCUT2D eigenvalue weighted by molar-refractivity contribution is -0.371. The number of hydrogen-bond donors (Lipinski definition) is 0. The minimum atomic E-state index is 0.710. The first-order valence-electron chi connectivity index (χ1n) is 2.55. The predicted octanol–water partition coefficient (Wildman–Crippen LogP) is 0.679. The molecule has 0 atom stereocenters. The Morgan fingerprint density at radius 2 is 2.22 bits per heavy atom. The van der Waals surface area contributed by atoms with Crippen LogP contribution in [0, 0.1) is 5.21 Å². The molecule has 0 aliphatic carbocycles. The van der Waals surface area contributed by atoms with Crippen molar-refractivity contribution < 1.29 is 4.74 Å². The molecule has 0 aromatic carbocycles. The van der Waals surface area contributed by atoms with E-state index in [1.165, 1.54) is 12.4 Å². The summed E-state index contributed by atoms with van der Waals surface area (Å²) in [5.41, 5.74) is 0. The number of hydrogen-bond acceptors (Lipinski definition) is 2. The van der Waals surface area contributed by atoms with Gasteiger partial charge in [-0.15, -0.1) is 0 Å². The van der Waals surface area contributed by atoms with Crippen LogP contribution in [0.15, 0.2) is 29.5 Å². The Kier molecular flexibility index (Phi) is 1.80. The quantitative estimate of drug-likeness (QED) is 0.344. The van der Waals surface area contributed by atoms with Gasteiger partial charge in [-0.05, 0) is 0 Å². The molecule has 1 heterocycles. The van der Waals surface area contributed by atoms with Gasteiger partial charge in [0.1, 0.15) is 0 Å². The van der Waals surface area contributed by atoms with Crippen LogP contribution in [-0.2, 0) is 0 Å². The Labute approximate surface area is 52.9 Å². The molecule has 0 unspecified atom stereocenters. The molecule has 1 aliphatic rings. The van der Waals surface area contributed by atoms with Gasteiger partial charge in [0, 0.05) is 24.6 Å². The predicted molar refractivity (Wildman–Crippen MR) is 36.5 cm³/mol. The Morgan fingerprint density at radius 3 is 3.11 bits per heavy atom. The van der Waals surface area contributed by atoms with Gasteiger partial charge in [-0.25, -0.2) is 0 Å². The summed E-state index contributed by atoms with van der Waals surface area (Å²) in [6, 6.07) is 0. The number of nitrogens with zero attached hydrogens (tertiary/aromatic N) is 2. The summed E-state index contributed by atoms with van der Waals surface area (Å²) in [7, 11) is 0. The van der Waals surface area contributed by atoms with Crippen LogP contribution in [0.25, 0.3) is 0 Å². The molecule has 0 spiro atoms. The van der Waals surface area contributed by atoms with Gasteiger partial charge >= 0.3 is 0 Å². The molecule has 3 heteroatoms. The zero-order chi connectivity index (χ0) is 6.53. The van der Waals surface area contributed by atoms with E-state index in [0.29, 0.717) is 4.74 Å². The average Bonchev–Trinajstić information content (AvgIpc) is 1.79. The SMILES string of the molecule is [O-][N+]1=CC=CN=CC=C1. The summed E-state index contributed by atoms with van der Waals surface area (Å²) < 4.78 is 0.710. The van der Waals surface area contributed by atoms with Gasteiger partial charge in [0.25, 0.3) is 0 Å². The summed E-state index contributed by atoms with van der Waals surface area (Å²) in [6.45, 7) is 0. The molecule has 46 valence electrons. The molecular weight excluding hydrogens is 116 g/mol. The van der Waals surface area contributed by atoms with Gasteiger partial charge in [-0.2, -0.15) is 4.74 Å². The Hall–Kier alpha value is -1.38. The molecule has 3 nitrogen and oxygen atoms in total. The second-order valence-corrected chi connectivity index (χ2v) is 1.49. The van der Waals surface area contributed by atoms with Crippen LogP contribution >= 0.6 is 0 Å². The van der Waals surface area contributed by atoms with Gasteiger partial charge in [-0.3, -0.25) is 4.99 Å². The first kappa shape index (κ1) is 5.75. The zero-order valence-corrected chi connectivity index (χ0v) is 4.77. The molecular formula is C6H6N2O. The largest absolute Gasteiger partial charge is 0.619 e. The lowest BCUT2D eigenvalue weighted by Crippen LogP contribution is -1.93. The van der Waals surface area contributed by atoms with E-state index in [9.17, 15) is 5.21 Å². The fraction of sp³-hybridized carbons (Fsp3) is 0. The lowest BCUT2D eigenvalue weighted by atomic mass is 10.6. The monoisotopic (exact) mass is 122 g/mol. The number of hydroxylamine groups is 1. The normalized spacial score (nSPS) is 16.7. The maximum Gasteiger partial charge on any atom is 0.181 e. The van der Waals surface area contributed by atoms with Crippen molar-refractivity contribution in [2.45, 2.75) is 0 Å². The van der Waals surface area contributed by atoms with Crippen LogP contribution in [0.5, 0.6) is 0 Å². The fourth-order valence-corrected chi connectivity index (χ4v) is 0.445. The maximum atomic E-state index is 10.5. The van der Waals surface area contributed by atoms with E-state index in [1.54, 1.807) is 24.6 Å². The van der Waals surface area contributed by atoms with E-state index in [1.807, 2.05) is 0 Å². The van der Waals surface area contributed by atoms with Gasteiger partial charge in [-0.1, -0.05) is 0 Å². The standard InChI is InChI=1S/C6H6N2O/c9-8-5-1-3-7-4-2-6-8/h1-6H. The molecule has 0 N–H and O–H groups in total. The molecule has 0 bridgehead atoms. The maximum absolute atomic E-state index is 10.5. The summed E-state index contributed by atoms with van der Waals surface area (Å²) in [5.74, 6) is 0. The highest BCUT2D eigenvalue weighted by atomic mass is 16.5. The van der Waals surface area contributed by atoms with E-state index in [2.05, 4.69) is 4.99 Å². The molecule has 0 amide bonds. The van der Waals surface area contributed by atoms with Crippen molar-refractivity contribution >= 4 is 12.4 Å². The van der Waals surface area contributed by atoms with Crippen molar-refractivity contribution in [2.75, 3.05) is 0 Å². The molecule has 0 saturated carbocycles. The molecule has 9 heavy (non-hydrogen) atoms. The van der Waals surface area contributed by atoms with Crippen molar-refractivity contribution in [2.24, 2.45) is 4.99 Å². The third-order valence-corrected chi connectivity index (χ3v) is 0.810. The second kappa shape index (κ2) is 2.81. The summed E-state index contributed by atoms with van der Waals surface area (Å²) in [5, 5.41) is 10.5. The minimum Gasteiger partial charge on any atom is -0.619 e. The average molecular weight is 122 g/mol. The Bertz CT molecular complexity index is 201. The van der Waals surface area contributed by atoms with Crippen molar-refractivity contribution in [1.29, 1.82) is 0 Å². The van der Waals surface area contributed by atoms with E-state index >= 15 is 0 Å². The van der Waals surface area contributed by atoms with Crippen molar-refractivity contribution in [1.82, 2.24) is 0 Å². The highest BCUT2D eigenvalue weighted by Crippen LogP contribution is 1.79. The first-order valence-corrected chi connectivity index (χ1v) is 2.55. The van der Waals surface area contributed by atoms with Crippen LogP contribution in [0.2, 0.25) is 0 Å². The van der Waals surface area contributed by atoms with Gasteiger partial charge < -0.3 is 5.21 Å². The third kappa shape index (κ3) is 1.90. The van der Waals surface area contributed by atoms with E-state index in [0.717, 1.165) is 0 Å². The summed E-state index contributed by atoms with van der Waals surface area (Å²) in [4.78, 5) is 3.78. The fourth-order valence-electron chi connectivity index (χ4n) is 0.445. The zero-order valence-electron chi connectivity index (χ0n) is 4.77. The molecule has 0 aromatic heterocycles. The molecule has 1 rings (SSSR count). The van der Waals surface area contributed by atoms with Crippen LogP contribution in [-0.4, -0.2) is 17.2 Å². The Morgan fingerprint density at radius 1 is 1.33 bits per heavy atom. The highest BCUT2D eigenvalue weighted by Gasteiger charge is 1.80. The topological polar surface area (TPSA) is 38.4 Å². The van der Waals surface area contributed by atoms with Crippen molar-refractivity contribution in [3.8, 4) is 0 Å². The van der Waals surface area contributed by atoms with E-state index in [-0.39, 0.29) is 0 Å². The molecule has 1 aliphatic heterocycles. The smallest absolute Gasteiger partial charge is 0.181 e. The number of rotatable bonds is 0. The lowest BCUT2D eigenvalue weighted by Gasteiger charge is -1.92. The highest BCUT2D eigenvalue weighted by molar-refractivity contribution is 5.74. The van der Waals surface area contributed by atoms with Crippen LogP contribution in [0.1, 0.15) is 0 Å². The first-order chi connectivity index (χ1) is 4.39. The molecule has 0 fully saturated rings. The van der Waals surface area contributed by atoms with E-state index in [4.69, 9.17) is 0 Å². The van der Waals surface area contributed by atoms with Crippen LogP contribution in [0.4, 0.5) is 0 Å². The number of aliphatic imine (C=N–C) groups is 1. The van der Waals surface area contributed by atoms with Gasteiger partial charge in [0.15, 0.2) is 12.4 Å². The molecule has 0 radical (unpaired) electrons. The van der Waals surface area contributed by atoms with Gasteiger partial charge in [0.05, 0.1) is 0 Å². The van der Waals surface area contributed by atoms with E-state index < -0.39 is 0 Å².